The number of rotatable bonds is 4. The van der Waals surface area contributed by atoms with Gasteiger partial charge >= 0.3 is 0 Å². The Morgan fingerprint density at radius 1 is 0.905 bits per heavy atom. The third kappa shape index (κ3) is 2.14. The molecule has 108 valence electrons. The van der Waals surface area contributed by atoms with Crippen molar-refractivity contribution in [1.29, 1.82) is 0 Å². The van der Waals surface area contributed by atoms with Crippen molar-refractivity contribution in [2.45, 2.75) is 0 Å². The quantitative estimate of drug-likeness (QED) is 0.737. The fourth-order valence-corrected chi connectivity index (χ4v) is 2.25. The third-order valence-corrected chi connectivity index (χ3v) is 3.24. The number of pyridine rings is 1. The molecule has 6 heteroatoms. The maximum atomic E-state index is 5.37. The fraction of sp³-hybridized carbons (Fsp3) is 0.200. The molecule has 0 aliphatic carbocycles. The first kappa shape index (κ1) is 13.2. The standard InChI is InChI=1S/C15H15N3O3/c1-19-11-8-10(9-12(20-2)14(11)21-3)15-17-16-13-6-4-5-7-18(13)15/h4-9H,1-3H3. The largest absolute Gasteiger partial charge is 0.493 e. The summed E-state index contributed by atoms with van der Waals surface area (Å²) in [6, 6.07) is 9.45. The molecule has 0 bridgehead atoms. The van der Waals surface area contributed by atoms with E-state index in [-0.39, 0.29) is 0 Å². The number of methoxy groups -OCH3 is 3. The van der Waals surface area contributed by atoms with Gasteiger partial charge in [0.25, 0.3) is 0 Å². The van der Waals surface area contributed by atoms with E-state index >= 15 is 0 Å². The van der Waals surface area contributed by atoms with Gasteiger partial charge in [0.1, 0.15) is 0 Å². The Morgan fingerprint density at radius 3 is 2.24 bits per heavy atom. The van der Waals surface area contributed by atoms with Crippen LogP contribution in [0.25, 0.3) is 17.0 Å². The predicted octanol–water partition coefficient (Wildman–Crippen LogP) is 2.42. The van der Waals surface area contributed by atoms with Gasteiger partial charge in [-0.15, -0.1) is 10.2 Å². The molecular weight excluding hydrogens is 270 g/mol. The highest BCUT2D eigenvalue weighted by Crippen LogP contribution is 2.40. The number of aromatic nitrogens is 3. The Balaban J connectivity index is 2.23. The molecule has 3 aromatic rings. The Hall–Kier alpha value is -2.76. The van der Waals surface area contributed by atoms with E-state index in [1.54, 1.807) is 21.3 Å². The lowest BCUT2D eigenvalue weighted by Gasteiger charge is -2.13. The van der Waals surface area contributed by atoms with E-state index in [9.17, 15) is 0 Å². The molecule has 2 aromatic heterocycles. The summed E-state index contributed by atoms with van der Waals surface area (Å²) in [5.41, 5.74) is 1.62. The van der Waals surface area contributed by atoms with Crippen LogP contribution in [-0.4, -0.2) is 35.9 Å². The van der Waals surface area contributed by atoms with Gasteiger partial charge in [-0.1, -0.05) is 6.07 Å². The average molecular weight is 285 g/mol. The topological polar surface area (TPSA) is 57.9 Å². The van der Waals surface area contributed by atoms with Gasteiger partial charge in [-0.2, -0.15) is 0 Å². The Morgan fingerprint density at radius 2 is 1.62 bits per heavy atom. The summed E-state index contributed by atoms with van der Waals surface area (Å²) in [6.07, 6.45) is 1.91. The molecule has 0 fully saturated rings. The van der Waals surface area contributed by atoms with Gasteiger partial charge in [0.2, 0.25) is 5.75 Å². The molecule has 0 spiro atoms. The highest BCUT2D eigenvalue weighted by molar-refractivity contribution is 5.68. The number of ether oxygens (including phenoxy) is 3. The second-order valence-corrected chi connectivity index (χ2v) is 4.37. The number of benzene rings is 1. The second kappa shape index (κ2) is 5.32. The molecule has 0 radical (unpaired) electrons. The van der Waals surface area contributed by atoms with Crippen LogP contribution >= 0.6 is 0 Å². The molecule has 0 amide bonds. The van der Waals surface area contributed by atoms with Crippen LogP contribution in [0.1, 0.15) is 0 Å². The zero-order valence-corrected chi connectivity index (χ0v) is 12.0. The maximum absolute atomic E-state index is 5.37. The molecule has 0 N–H and O–H groups in total. The minimum atomic E-state index is 0.553. The molecule has 0 aliphatic rings. The predicted molar refractivity (Wildman–Crippen MR) is 78.1 cm³/mol. The van der Waals surface area contributed by atoms with Crippen molar-refractivity contribution in [1.82, 2.24) is 14.6 Å². The van der Waals surface area contributed by atoms with Gasteiger partial charge in [0, 0.05) is 11.8 Å². The molecule has 0 aliphatic heterocycles. The lowest BCUT2D eigenvalue weighted by molar-refractivity contribution is 0.324. The first-order valence-electron chi connectivity index (χ1n) is 6.38. The summed E-state index contributed by atoms with van der Waals surface area (Å²) < 4.78 is 18.0. The zero-order chi connectivity index (χ0) is 14.8. The normalized spacial score (nSPS) is 10.6. The van der Waals surface area contributed by atoms with E-state index in [2.05, 4.69) is 10.2 Å². The molecule has 0 unspecified atom stereocenters. The van der Waals surface area contributed by atoms with E-state index in [1.165, 1.54) is 0 Å². The minimum Gasteiger partial charge on any atom is -0.493 e. The van der Waals surface area contributed by atoms with Crippen LogP contribution in [0, 0.1) is 0 Å². The molecule has 2 heterocycles. The molecule has 0 saturated heterocycles. The number of nitrogens with zero attached hydrogens (tertiary/aromatic N) is 3. The Bertz CT molecular complexity index is 758. The Kier molecular flexibility index (Phi) is 3.35. The molecule has 6 nitrogen and oxygen atoms in total. The average Bonchev–Trinajstić information content (AvgIpc) is 2.97. The third-order valence-electron chi connectivity index (χ3n) is 3.24. The summed E-state index contributed by atoms with van der Waals surface area (Å²) in [7, 11) is 4.75. The summed E-state index contributed by atoms with van der Waals surface area (Å²) in [4.78, 5) is 0. The van der Waals surface area contributed by atoms with Crippen LogP contribution in [0.3, 0.4) is 0 Å². The first-order chi connectivity index (χ1) is 10.3. The van der Waals surface area contributed by atoms with Crippen LogP contribution in [-0.2, 0) is 0 Å². The highest BCUT2D eigenvalue weighted by Gasteiger charge is 2.16. The molecule has 1 aromatic carbocycles. The van der Waals surface area contributed by atoms with E-state index in [0.717, 1.165) is 11.2 Å². The van der Waals surface area contributed by atoms with Crippen LogP contribution in [0.5, 0.6) is 17.2 Å². The van der Waals surface area contributed by atoms with Crippen molar-refractivity contribution in [3.05, 3.63) is 36.5 Å². The smallest absolute Gasteiger partial charge is 0.203 e. The van der Waals surface area contributed by atoms with E-state index in [1.807, 2.05) is 40.9 Å². The van der Waals surface area contributed by atoms with Crippen molar-refractivity contribution >= 4 is 5.65 Å². The molecule has 3 rings (SSSR count). The summed E-state index contributed by atoms with van der Waals surface area (Å²) in [5, 5.41) is 8.38. The van der Waals surface area contributed by atoms with Crippen LogP contribution in [0.15, 0.2) is 36.5 Å². The van der Waals surface area contributed by atoms with Crippen LogP contribution < -0.4 is 14.2 Å². The molecule has 21 heavy (non-hydrogen) atoms. The number of fused-ring (bicyclic) bond motifs is 1. The van der Waals surface area contributed by atoms with Gasteiger partial charge < -0.3 is 14.2 Å². The van der Waals surface area contributed by atoms with Crippen molar-refractivity contribution in [2.24, 2.45) is 0 Å². The van der Waals surface area contributed by atoms with Crippen LogP contribution in [0.4, 0.5) is 0 Å². The van der Waals surface area contributed by atoms with Crippen molar-refractivity contribution < 1.29 is 14.2 Å². The van der Waals surface area contributed by atoms with E-state index in [4.69, 9.17) is 14.2 Å². The van der Waals surface area contributed by atoms with Gasteiger partial charge in [0.05, 0.1) is 21.3 Å². The van der Waals surface area contributed by atoms with E-state index < -0.39 is 0 Å². The second-order valence-electron chi connectivity index (χ2n) is 4.37. The molecule has 0 atom stereocenters. The minimum absolute atomic E-state index is 0.553. The number of hydrogen-bond donors (Lipinski definition) is 0. The lowest BCUT2D eigenvalue weighted by Crippen LogP contribution is -1.97. The molecule has 0 saturated carbocycles. The number of hydrogen-bond acceptors (Lipinski definition) is 5. The SMILES string of the molecule is COc1cc(-c2nnc3ccccn23)cc(OC)c1OC. The first-order valence-corrected chi connectivity index (χ1v) is 6.38. The highest BCUT2D eigenvalue weighted by atomic mass is 16.5. The van der Waals surface area contributed by atoms with Gasteiger partial charge in [-0.3, -0.25) is 4.40 Å². The van der Waals surface area contributed by atoms with Crippen molar-refractivity contribution in [3.63, 3.8) is 0 Å². The summed E-state index contributed by atoms with van der Waals surface area (Å²) >= 11 is 0. The summed E-state index contributed by atoms with van der Waals surface area (Å²) in [5.74, 6) is 2.43. The maximum Gasteiger partial charge on any atom is 0.203 e. The van der Waals surface area contributed by atoms with Crippen LogP contribution in [0.2, 0.25) is 0 Å². The molecular formula is C15H15N3O3. The van der Waals surface area contributed by atoms with Crippen molar-refractivity contribution in [2.75, 3.05) is 21.3 Å². The lowest BCUT2D eigenvalue weighted by atomic mass is 10.1. The summed E-state index contributed by atoms with van der Waals surface area (Å²) in [6.45, 7) is 0. The van der Waals surface area contributed by atoms with Crippen molar-refractivity contribution in [3.8, 4) is 28.6 Å². The van der Waals surface area contributed by atoms with E-state index in [0.29, 0.717) is 23.1 Å². The monoisotopic (exact) mass is 285 g/mol. The Labute approximate surface area is 121 Å². The van der Waals surface area contributed by atoms with Gasteiger partial charge in [-0.25, -0.2) is 0 Å². The zero-order valence-electron chi connectivity index (χ0n) is 12.0. The van der Waals surface area contributed by atoms with Gasteiger partial charge in [0.15, 0.2) is 23.0 Å². The van der Waals surface area contributed by atoms with Gasteiger partial charge in [-0.05, 0) is 24.3 Å². The fourth-order valence-electron chi connectivity index (χ4n) is 2.25.